The van der Waals surface area contributed by atoms with Crippen LogP contribution in [0.3, 0.4) is 0 Å². The standard InChI is InChI=1S/C41H39Cl2FN4O7/c1-41(23-49,40(51)52)47-19-27-14-33(42)37(16-36(27)54-22-26-12-24(17-45)11-25(13-26)18-46)55-39-31-7-2-5-29(32(31)15-34(39)44)30-6-3-8-35(38(30)43)53-10-4-9-48-20-28(50)21-48/h2-3,5-8,11-14,16,28,34,39,47,49-50H,4,9-10,15,19-23H2,1H3,(H,51,52)/t34-,39+,41?/m0/s1. The largest absolute Gasteiger partial charge is 0.492 e. The Labute approximate surface area is 328 Å². The van der Waals surface area contributed by atoms with Gasteiger partial charge in [0.1, 0.15) is 35.6 Å². The summed E-state index contributed by atoms with van der Waals surface area (Å²) in [6, 6.07) is 22.6. The van der Waals surface area contributed by atoms with Crippen molar-refractivity contribution in [2.24, 2.45) is 0 Å². The molecule has 1 heterocycles. The Morgan fingerprint density at radius 3 is 2.38 bits per heavy atom. The maximum atomic E-state index is 16.0. The molecule has 1 aliphatic heterocycles. The molecule has 1 fully saturated rings. The summed E-state index contributed by atoms with van der Waals surface area (Å²) in [6.07, 6.45) is -1.93. The first-order chi connectivity index (χ1) is 26.4. The summed E-state index contributed by atoms with van der Waals surface area (Å²) < 4.78 is 34.5. The van der Waals surface area contributed by atoms with Crippen molar-refractivity contribution in [3.8, 4) is 40.5 Å². The SMILES string of the molecule is CC(CO)(NCc1cc(Cl)c(O[C@@H]2c3cccc(-c4cccc(OCCCN5CC(O)C5)c4Cl)c3C[C@@H]2F)cc1OCc1cc(C#N)cc(C#N)c1)C(=O)O. The smallest absolute Gasteiger partial charge is 0.326 e. The molecule has 11 nitrogen and oxygen atoms in total. The van der Waals surface area contributed by atoms with Crippen molar-refractivity contribution in [3.05, 3.63) is 110 Å². The third kappa shape index (κ3) is 8.98. The predicted octanol–water partition coefficient (Wildman–Crippen LogP) is 6.37. The van der Waals surface area contributed by atoms with Gasteiger partial charge in [0.25, 0.3) is 0 Å². The van der Waals surface area contributed by atoms with Crippen LogP contribution < -0.4 is 19.5 Å². The minimum absolute atomic E-state index is 0.0492. The number of rotatable bonds is 16. The number of nitrogens with one attached hydrogen (secondary N) is 1. The second-order valence-electron chi connectivity index (χ2n) is 13.8. The lowest BCUT2D eigenvalue weighted by Crippen LogP contribution is -2.52. The van der Waals surface area contributed by atoms with Crippen LogP contribution in [0.2, 0.25) is 10.0 Å². The summed E-state index contributed by atoms with van der Waals surface area (Å²) in [7, 11) is 0. The Morgan fingerprint density at radius 2 is 1.71 bits per heavy atom. The lowest BCUT2D eigenvalue weighted by Gasteiger charge is -2.35. The van der Waals surface area contributed by atoms with E-state index in [0.717, 1.165) is 24.1 Å². The number of ether oxygens (including phenoxy) is 3. The first kappa shape index (κ1) is 39.8. The molecule has 4 aromatic carbocycles. The molecule has 0 bridgehead atoms. The highest BCUT2D eigenvalue weighted by atomic mass is 35.5. The van der Waals surface area contributed by atoms with E-state index in [2.05, 4.69) is 10.2 Å². The Balaban J connectivity index is 1.25. The van der Waals surface area contributed by atoms with Crippen LogP contribution in [0.1, 0.15) is 52.8 Å². The second kappa shape index (κ2) is 17.3. The van der Waals surface area contributed by atoms with Crippen LogP contribution in [0.5, 0.6) is 17.2 Å². The number of aliphatic hydroxyl groups is 2. The molecule has 0 aromatic heterocycles. The van der Waals surface area contributed by atoms with E-state index in [-0.39, 0.29) is 53.3 Å². The summed E-state index contributed by atoms with van der Waals surface area (Å²) in [5.41, 5.74) is 2.59. The van der Waals surface area contributed by atoms with Gasteiger partial charge in [-0.15, -0.1) is 0 Å². The van der Waals surface area contributed by atoms with Gasteiger partial charge in [0, 0.05) is 49.8 Å². The molecule has 4 N–H and O–H groups in total. The zero-order valence-electron chi connectivity index (χ0n) is 29.9. The van der Waals surface area contributed by atoms with E-state index >= 15 is 4.39 Å². The van der Waals surface area contributed by atoms with Gasteiger partial charge in [0.2, 0.25) is 0 Å². The number of nitriles is 2. The number of carboxylic acid groups (broad SMARTS) is 1. The third-order valence-corrected chi connectivity index (χ3v) is 10.5. The average molecular weight is 790 g/mol. The van der Waals surface area contributed by atoms with Gasteiger partial charge in [-0.05, 0) is 65.9 Å². The van der Waals surface area contributed by atoms with Gasteiger partial charge < -0.3 is 29.5 Å². The lowest BCUT2D eigenvalue weighted by molar-refractivity contribution is -0.145. The number of alkyl halides is 1. The molecule has 6 rings (SSSR count). The summed E-state index contributed by atoms with van der Waals surface area (Å²) in [5.74, 6) is -0.428. The molecule has 4 aromatic rings. The fourth-order valence-corrected chi connectivity index (χ4v) is 7.16. The van der Waals surface area contributed by atoms with Crippen LogP contribution in [0, 0.1) is 22.7 Å². The summed E-state index contributed by atoms with van der Waals surface area (Å²) in [6.45, 7) is 3.06. The van der Waals surface area contributed by atoms with Crippen molar-refractivity contribution >= 4 is 29.2 Å². The number of nitrogens with zero attached hydrogens (tertiary/aromatic N) is 3. The number of fused-ring (bicyclic) bond motifs is 1. The zero-order valence-corrected chi connectivity index (χ0v) is 31.4. The van der Waals surface area contributed by atoms with Crippen LogP contribution in [0.25, 0.3) is 11.1 Å². The normalized spacial score (nSPS) is 17.7. The van der Waals surface area contributed by atoms with E-state index < -0.39 is 30.4 Å². The number of carbonyl (C=O) groups is 1. The number of aliphatic hydroxyl groups excluding tert-OH is 2. The van der Waals surface area contributed by atoms with Crippen molar-refractivity contribution in [3.63, 3.8) is 0 Å². The highest BCUT2D eigenvalue weighted by Crippen LogP contribution is 2.46. The van der Waals surface area contributed by atoms with Gasteiger partial charge >= 0.3 is 5.97 Å². The van der Waals surface area contributed by atoms with E-state index in [4.69, 9.17) is 37.4 Å². The minimum atomic E-state index is -1.68. The number of hydrogen-bond acceptors (Lipinski definition) is 10. The number of carboxylic acids is 1. The first-order valence-electron chi connectivity index (χ1n) is 17.7. The second-order valence-corrected chi connectivity index (χ2v) is 14.6. The number of hydrogen-bond donors (Lipinski definition) is 4. The summed E-state index contributed by atoms with van der Waals surface area (Å²) in [5, 5.41) is 51.2. The highest BCUT2D eigenvalue weighted by Gasteiger charge is 2.37. The summed E-state index contributed by atoms with van der Waals surface area (Å²) in [4.78, 5) is 14.0. The topological polar surface area (TPSA) is 168 Å². The molecule has 0 spiro atoms. The molecule has 1 unspecified atom stereocenters. The monoisotopic (exact) mass is 788 g/mol. The van der Waals surface area contributed by atoms with Gasteiger partial charge in [-0.2, -0.15) is 10.5 Å². The van der Waals surface area contributed by atoms with Crippen molar-refractivity contribution in [2.75, 3.05) is 32.8 Å². The van der Waals surface area contributed by atoms with Gasteiger partial charge in [-0.1, -0.05) is 53.5 Å². The van der Waals surface area contributed by atoms with Crippen molar-refractivity contribution in [2.45, 2.75) is 56.8 Å². The molecule has 286 valence electrons. The highest BCUT2D eigenvalue weighted by molar-refractivity contribution is 6.35. The lowest BCUT2D eigenvalue weighted by atomic mass is 9.96. The average Bonchev–Trinajstić information content (AvgIpc) is 3.49. The fraction of sp³-hybridized carbons (Fsp3) is 0.341. The molecule has 0 saturated carbocycles. The summed E-state index contributed by atoms with van der Waals surface area (Å²) >= 11 is 13.6. The van der Waals surface area contributed by atoms with E-state index in [1.165, 1.54) is 25.1 Å². The zero-order chi connectivity index (χ0) is 39.3. The Kier molecular flexibility index (Phi) is 12.5. The van der Waals surface area contributed by atoms with E-state index in [9.17, 15) is 30.6 Å². The van der Waals surface area contributed by atoms with Crippen LogP contribution in [-0.4, -0.2) is 76.9 Å². The fourth-order valence-electron chi connectivity index (χ4n) is 6.64. The molecule has 0 amide bonds. The molecule has 3 atom stereocenters. The van der Waals surface area contributed by atoms with E-state index in [1.54, 1.807) is 24.3 Å². The molecule has 55 heavy (non-hydrogen) atoms. The minimum Gasteiger partial charge on any atom is -0.492 e. The maximum absolute atomic E-state index is 16.0. The van der Waals surface area contributed by atoms with Gasteiger partial charge in [0.05, 0.1) is 52.6 Å². The number of halogens is 3. The van der Waals surface area contributed by atoms with Crippen LogP contribution in [-0.2, 0) is 24.4 Å². The molecule has 2 aliphatic rings. The maximum Gasteiger partial charge on any atom is 0.326 e. The Morgan fingerprint density at radius 1 is 1.00 bits per heavy atom. The molecule has 0 radical (unpaired) electrons. The number of likely N-dealkylation sites (tertiary alicyclic amines) is 1. The van der Waals surface area contributed by atoms with Gasteiger partial charge in [-0.25, -0.2) is 4.39 Å². The predicted molar refractivity (Wildman–Crippen MR) is 203 cm³/mol. The first-order valence-corrected chi connectivity index (χ1v) is 18.4. The van der Waals surface area contributed by atoms with Crippen LogP contribution in [0.4, 0.5) is 4.39 Å². The Hall–Kier alpha value is -4.92. The quantitative estimate of drug-likeness (QED) is 0.0932. The van der Waals surface area contributed by atoms with Crippen molar-refractivity contribution in [1.29, 1.82) is 10.5 Å². The third-order valence-electron chi connectivity index (χ3n) is 9.79. The van der Waals surface area contributed by atoms with Crippen molar-refractivity contribution < 1.29 is 38.7 Å². The molecular weight excluding hydrogens is 750 g/mol. The van der Waals surface area contributed by atoms with Gasteiger partial charge in [-0.3, -0.25) is 15.0 Å². The Bertz CT molecular complexity index is 2120. The number of benzene rings is 4. The molecule has 14 heteroatoms. The van der Waals surface area contributed by atoms with E-state index in [0.29, 0.717) is 52.7 Å². The molecular formula is C41H39Cl2FN4O7. The molecule has 1 aliphatic carbocycles. The van der Waals surface area contributed by atoms with Crippen LogP contribution in [0.15, 0.2) is 66.7 Å². The molecule has 1 saturated heterocycles. The number of β-amino-alcohol motifs (C(OH)–C–C–N with tert-alkyl or cyclic N) is 1. The van der Waals surface area contributed by atoms with E-state index in [1.807, 2.05) is 36.4 Å². The van der Waals surface area contributed by atoms with Crippen molar-refractivity contribution in [1.82, 2.24) is 10.2 Å². The van der Waals surface area contributed by atoms with Gasteiger partial charge in [0.15, 0.2) is 6.10 Å². The van der Waals surface area contributed by atoms with Crippen LogP contribution >= 0.6 is 23.2 Å². The number of aliphatic carboxylic acids is 1.